The van der Waals surface area contributed by atoms with Crippen molar-refractivity contribution in [2.75, 3.05) is 13.6 Å². The molecule has 0 aliphatic carbocycles. The first-order chi connectivity index (χ1) is 6.57. The summed E-state index contributed by atoms with van der Waals surface area (Å²) in [6, 6.07) is 1.000. The van der Waals surface area contributed by atoms with E-state index < -0.39 is 5.97 Å². The van der Waals surface area contributed by atoms with E-state index in [0.29, 0.717) is 0 Å². The molecular formula is C11H23NO2. The maximum absolute atomic E-state index is 8.89. The molecule has 1 aliphatic rings. The van der Waals surface area contributed by atoms with Crippen molar-refractivity contribution in [2.45, 2.75) is 52.0 Å². The summed E-state index contributed by atoms with van der Waals surface area (Å²) in [5, 5.41) is 8.89. The van der Waals surface area contributed by atoms with Crippen LogP contribution < -0.4 is 10.0 Å². The van der Waals surface area contributed by atoms with Crippen LogP contribution in [0.15, 0.2) is 0 Å². The second-order valence-corrected chi connectivity index (χ2v) is 4.07. The fourth-order valence-corrected chi connectivity index (χ4v) is 1.92. The van der Waals surface area contributed by atoms with Gasteiger partial charge >= 0.3 is 0 Å². The topological polar surface area (TPSA) is 44.6 Å². The van der Waals surface area contributed by atoms with Gasteiger partial charge in [0.1, 0.15) is 0 Å². The molecule has 0 bridgehead atoms. The molecule has 0 spiro atoms. The molecule has 84 valence electrons. The molecule has 2 atom stereocenters. The van der Waals surface area contributed by atoms with E-state index in [1.165, 1.54) is 38.6 Å². The number of rotatable bonds is 3. The Hall–Kier alpha value is -0.570. The highest BCUT2D eigenvalue weighted by molar-refractivity contribution is 5.60. The summed E-state index contributed by atoms with van der Waals surface area (Å²) < 4.78 is 0. The third-order valence-corrected chi connectivity index (χ3v) is 2.73. The Bertz CT molecular complexity index is 155. The third-order valence-electron chi connectivity index (χ3n) is 2.73. The van der Waals surface area contributed by atoms with Crippen LogP contribution in [0.5, 0.6) is 0 Å². The van der Waals surface area contributed by atoms with Gasteiger partial charge in [-0.05, 0) is 19.8 Å². The van der Waals surface area contributed by atoms with Gasteiger partial charge in [-0.25, -0.2) is 0 Å². The van der Waals surface area contributed by atoms with Crippen molar-refractivity contribution in [1.29, 1.82) is 0 Å². The molecule has 0 radical (unpaired) electrons. The van der Waals surface area contributed by atoms with Gasteiger partial charge in [-0.15, -0.1) is 0 Å². The van der Waals surface area contributed by atoms with Gasteiger partial charge < -0.3 is 14.8 Å². The SMILES string of the molecule is CC(=O)[O-].CCCCC1CCC[NH+]1C. The number of carboxylic acids is 1. The fourth-order valence-electron chi connectivity index (χ4n) is 1.92. The van der Waals surface area contributed by atoms with Gasteiger partial charge in [-0.3, -0.25) is 0 Å². The zero-order valence-electron chi connectivity index (χ0n) is 9.64. The van der Waals surface area contributed by atoms with Crippen LogP contribution in [0, 0.1) is 0 Å². The largest absolute Gasteiger partial charge is 0.550 e. The zero-order valence-corrected chi connectivity index (χ0v) is 9.64. The highest BCUT2D eigenvalue weighted by Gasteiger charge is 2.23. The van der Waals surface area contributed by atoms with Crippen LogP contribution in [0.2, 0.25) is 0 Å². The molecule has 1 N–H and O–H groups in total. The van der Waals surface area contributed by atoms with E-state index in [1.54, 1.807) is 4.90 Å². The molecule has 14 heavy (non-hydrogen) atoms. The summed E-state index contributed by atoms with van der Waals surface area (Å²) in [6.07, 6.45) is 7.19. The summed E-state index contributed by atoms with van der Waals surface area (Å²) in [5.74, 6) is -1.08. The lowest BCUT2D eigenvalue weighted by Crippen LogP contribution is -3.10. The van der Waals surface area contributed by atoms with Crippen LogP contribution in [0.3, 0.4) is 0 Å². The highest BCUT2D eigenvalue weighted by Crippen LogP contribution is 2.06. The van der Waals surface area contributed by atoms with Crippen molar-refractivity contribution < 1.29 is 14.8 Å². The van der Waals surface area contributed by atoms with Gasteiger partial charge in [0, 0.05) is 18.8 Å². The second kappa shape index (κ2) is 7.80. The molecule has 0 amide bonds. The molecule has 0 aromatic heterocycles. The minimum absolute atomic E-state index is 0.972. The van der Waals surface area contributed by atoms with E-state index >= 15 is 0 Å². The smallest absolute Gasteiger partial charge is 0.0874 e. The van der Waals surface area contributed by atoms with Gasteiger partial charge in [0.05, 0.1) is 19.6 Å². The van der Waals surface area contributed by atoms with Crippen molar-refractivity contribution in [2.24, 2.45) is 0 Å². The number of likely N-dealkylation sites (tertiary alicyclic amines) is 1. The molecule has 1 heterocycles. The molecule has 3 nitrogen and oxygen atoms in total. The van der Waals surface area contributed by atoms with Crippen molar-refractivity contribution in [3.8, 4) is 0 Å². The Morgan fingerprint density at radius 1 is 1.57 bits per heavy atom. The molecule has 1 fully saturated rings. The number of quaternary nitrogens is 1. The van der Waals surface area contributed by atoms with Crippen LogP contribution in [0.1, 0.15) is 46.0 Å². The first kappa shape index (κ1) is 13.4. The lowest BCUT2D eigenvalue weighted by molar-refractivity contribution is -0.892. The number of hydrogen-bond donors (Lipinski definition) is 1. The Morgan fingerprint density at radius 3 is 2.50 bits per heavy atom. The van der Waals surface area contributed by atoms with E-state index in [2.05, 4.69) is 14.0 Å². The summed E-state index contributed by atoms with van der Waals surface area (Å²) in [6.45, 7) is 4.67. The van der Waals surface area contributed by atoms with Gasteiger partial charge in [0.15, 0.2) is 0 Å². The molecular weight excluding hydrogens is 178 g/mol. The monoisotopic (exact) mass is 201 g/mol. The van der Waals surface area contributed by atoms with Crippen LogP contribution in [0.25, 0.3) is 0 Å². The normalized spacial score (nSPS) is 25.4. The number of carbonyl (C=O) groups is 1. The number of carboxylic acid groups (broad SMARTS) is 1. The van der Waals surface area contributed by atoms with Crippen LogP contribution in [-0.4, -0.2) is 25.6 Å². The number of nitrogens with one attached hydrogen (secondary N) is 1. The van der Waals surface area contributed by atoms with Crippen LogP contribution in [-0.2, 0) is 4.79 Å². The second-order valence-electron chi connectivity index (χ2n) is 4.07. The predicted octanol–water partition coefficient (Wildman–Crippen LogP) is -0.390. The van der Waals surface area contributed by atoms with E-state index in [0.717, 1.165) is 13.0 Å². The molecule has 3 heteroatoms. The molecule has 1 rings (SSSR count). The van der Waals surface area contributed by atoms with Crippen molar-refractivity contribution in [3.05, 3.63) is 0 Å². The molecule has 2 unspecified atom stereocenters. The van der Waals surface area contributed by atoms with Crippen LogP contribution >= 0.6 is 0 Å². The first-order valence-corrected chi connectivity index (χ1v) is 5.57. The number of unbranched alkanes of at least 4 members (excludes halogenated alkanes) is 1. The summed E-state index contributed by atoms with van der Waals surface area (Å²) >= 11 is 0. The molecule has 0 aromatic rings. The van der Waals surface area contributed by atoms with Gasteiger partial charge in [-0.1, -0.05) is 13.3 Å². The number of hydrogen-bond acceptors (Lipinski definition) is 2. The Kier molecular flexibility index (Phi) is 7.48. The predicted molar refractivity (Wildman–Crippen MR) is 55.0 cm³/mol. The minimum atomic E-state index is -1.08. The average Bonchev–Trinajstić information content (AvgIpc) is 2.47. The van der Waals surface area contributed by atoms with E-state index in [-0.39, 0.29) is 0 Å². The fraction of sp³-hybridized carbons (Fsp3) is 0.909. The maximum atomic E-state index is 8.89. The van der Waals surface area contributed by atoms with Crippen LogP contribution in [0.4, 0.5) is 0 Å². The first-order valence-electron chi connectivity index (χ1n) is 5.57. The Labute approximate surface area is 87.1 Å². The summed E-state index contributed by atoms with van der Waals surface area (Å²) in [5.41, 5.74) is 0. The Balaban J connectivity index is 0.000000364. The quantitative estimate of drug-likeness (QED) is 0.676. The van der Waals surface area contributed by atoms with Crippen molar-refractivity contribution in [3.63, 3.8) is 0 Å². The van der Waals surface area contributed by atoms with E-state index in [1.807, 2.05) is 0 Å². The third kappa shape index (κ3) is 6.89. The maximum Gasteiger partial charge on any atom is 0.0874 e. The molecule has 0 aromatic carbocycles. The summed E-state index contributed by atoms with van der Waals surface area (Å²) in [7, 11) is 2.34. The van der Waals surface area contributed by atoms with Crippen molar-refractivity contribution >= 4 is 5.97 Å². The minimum Gasteiger partial charge on any atom is -0.550 e. The lowest BCUT2D eigenvalue weighted by atomic mass is 10.1. The average molecular weight is 201 g/mol. The summed E-state index contributed by atoms with van der Waals surface area (Å²) in [4.78, 5) is 10.7. The number of carbonyl (C=O) groups excluding carboxylic acids is 1. The highest BCUT2D eigenvalue weighted by atomic mass is 16.4. The van der Waals surface area contributed by atoms with Gasteiger partial charge in [0.2, 0.25) is 0 Å². The van der Waals surface area contributed by atoms with E-state index in [4.69, 9.17) is 9.90 Å². The zero-order chi connectivity index (χ0) is 11.0. The van der Waals surface area contributed by atoms with Crippen molar-refractivity contribution in [1.82, 2.24) is 0 Å². The Morgan fingerprint density at radius 2 is 2.14 bits per heavy atom. The van der Waals surface area contributed by atoms with Gasteiger partial charge in [0.25, 0.3) is 0 Å². The van der Waals surface area contributed by atoms with E-state index in [9.17, 15) is 0 Å². The van der Waals surface area contributed by atoms with Gasteiger partial charge in [-0.2, -0.15) is 0 Å². The lowest BCUT2D eigenvalue weighted by Gasteiger charge is -2.15. The molecule has 1 saturated heterocycles. The number of aliphatic carboxylic acids is 1. The standard InChI is InChI=1S/C9H19N.C2H4O2/c1-3-4-6-9-7-5-8-10(9)2;1-2(3)4/h9H,3-8H2,1-2H3;1H3,(H,3,4). The molecule has 1 aliphatic heterocycles. The molecule has 0 saturated carbocycles.